The van der Waals surface area contributed by atoms with Crippen LogP contribution in [0.1, 0.15) is 33.6 Å². The zero-order chi connectivity index (χ0) is 25.6. The molecular weight excluding hydrogens is 434 g/mol. The zero-order valence-corrected chi connectivity index (χ0v) is 21.2. The first-order valence-corrected chi connectivity index (χ1v) is 11.2. The maximum Gasteiger partial charge on any atom is 0.326 e. The highest BCUT2D eigenvalue weighted by Gasteiger charge is 2.31. The van der Waals surface area contributed by atoms with Crippen LogP contribution >= 0.6 is 0 Å². The highest BCUT2D eigenvalue weighted by atomic mass is 16.6. The van der Waals surface area contributed by atoms with E-state index in [1.165, 1.54) is 4.90 Å². The number of likely N-dealkylation sites (N-methyl/N-ethyl adjacent to an activating group) is 1. The van der Waals surface area contributed by atoms with Crippen LogP contribution in [0.2, 0.25) is 0 Å². The van der Waals surface area contributed by atoms with Gasteiger partial charge in [0, 0.05) is 40.0 Å². The number of nitriles is 1. The molecule has 1 aliphatic rings. The smallest absolute Gasteiger partial charge is 0.326 e. The molecule has 9 heteroatoms. The third-order valence-corrected chi connectivity index (χ3v) is 5.33. The molecule has 1 heterocycles. The van der Waals surface area contributed by atoms with Crippen molar-refractivity contribution in [2.24, 2.45) is 0 Å². The molecule has 0 atom stereocenters. The minimum absolute atomic E-state index is 0.000911. The molecule has 0 saturated heterocycles. The Labute approximate surface area is 202 Å². The highest BCUT2D eigenvalue weighted by molar-refractivity contribution is 6.03. The fourth-order valence-corrected chi connectivity index (χ4v) is 3.70. The third-order valence-electron chi connectivity index (χ3n) is 5.33. The number of benzene rings is 1. The molecule has 1 aliphatic heterocycles. The molecule has 0 N–H and O–H groups in total. The number of ketones is 1. The standard InChI is InChI=1S/C25H35N5O4/c1-25(2,3)34-23(33)17-30(15-14-27(4)5)22(32)13-12-21(31)18(16-26)24-28(6)19-10-8-9-11-20(19)29(24)7/h8-11H,12-15,17H2,1-7H3. The number of fused-ring (bicyclic) bond motifs is 1. The summed E-state index contributed by atoms with van der Waals surface area (Å²) in [5, 5.41) is 9.77. The summed E-state index contributed by atoms with van der Waals surface area (Å²) < 4.78 is 5.35. The Bertz CT molecular complexity index is 972. The number of esters is 1. The van der Waals surface area contributed by atoms with Crippen molar-refractivity contribution in [2.45, 2.75) is 39.2 Å². The Kier molecular flexibility index (Phi) is 8.82. The number of anilines is 2. The number of ether oxygens (including phenoxy) is 1. The van der Waals surface area contributed by atoms with Crippen molar-refractivity contribution in [2.75, 3.05) is 57.6 Å². The van der Waals surface area contributed by atoms with E-state index in [0.717, 1.165) is 11.4 Å². The maximum absolute atomic E-state index is 13.0. The number of Topliss-reactive ketones (excluding diaryl/α,β-unsaturated/α-hetero) is 1. The molecule has 184 valence electrons. The van der Waals surface area contributed by atoms with Crippen LogP contribution in [0.3, 0.4) is 0 Å². The minimum atomic E-state index is -0.659. The van der Waals surface area contributed by atoms with E-state index in [4.69, 9.17) is 4.74 Å². The minimum Gasteiger partial charge on any atom is -0.459 e. The summed E-state index contributed by atoms with van der Waals surface area (Å²) in [5.74, 6) is -0.765. The number of carbonyl (C=O) groups excluding carboxylic acids is 3. The fraction of sp³-hybridized carbons (Fsp3) is 0.520. The van der Waals surface area contributed by atoms with Crippen molar-refractivity contribution in [1.29, 1.82) is 5.26 Å². The molecule has 0 fully saturated rings. The summed E-state index contributed by atoms with van der Waals surface area (Å²) in [6, 6.07) is 9.66. The van der Waals surface area contributed by atoms with Crippen LogP contribution in [0.15, 0.2) is 35.7 Å². The van der Waals surface area contributed by atoms with Crippen molar-refractivity contribution >= 4 is 29.0 Å². The van der Waals surface area contributed by atoms with Gasteiger partial charge in [-0.2, -0.15) is 5.26 Å². The third kappa shape index (κ3) is 6.81. The Morgan fingerprint density at radius 2 is 1.56 bits per heavy atom. The lowest BCUT2D eigenvalue weighted by atomic mass is 10.1. The second-order valence-corrected chi connectivity index (χ2v) is 9.55. The molecule has 0 unspecified atom stereocenters. The Hall–Kier alpha value is -3.38. The topological polar surface area (TPSA) is 97.2 Å². The lowest BCUT2D eigenvalue weighted by Crippen LogP contribution is -2.42. The Morgan fingerprint density at radius 3 is 2.03 bits per heavy atom. The normalized spacial score (nSPS) is 13.0. The van der Waals surface area contributed by atoms with Crippen LogP contribution < -0.4 is 9.80 Å². The zero-order valence-electron chi connectivity index (χ0n) is 21.2. The molecule has 1 aromatic carbocycles. The quantitative estimate of drug-likeness (QED) is 0.309. The summed E-state index contributed by atoms with van der Waals surface area (Å²) in [7, 11) is 7.35. The number of hydrogen-bond donors (Lipinski definition) is 0. The molecule has 0 radical (unpaired) electrons. The number of nitrogens with zero attached hydrogens (tertiary/aromatic N) is 5. The van der Waals surface area contributed by atoms with E-state index in [2.05, 4.69) is 0 Å². The van der Waals surface area contributed by atoms with Gasteiger partial charge < -0.3 is 24.3 Å². The van der Waals surface area contributed by atoms with Crippen molar-refractivity contribution in [3.05, 3.63) is 35.7 Å². The predicted octanol–water partition coefficient (Wildman–Crippen LogP) is 2.39. The van der Waals surface area contributed by atoms with E-state index < -0.39 is 17.4 Å². The van der Waals surface area contributed by atoms with Crippen molar-refractivity contribution < 1.29 is 19.1 Å². The first kappa shape index (κ1) is 26.9. The highest BCUT2D eigenvalue weighted by Crippen LogP contribution is 2.40. The molecule has 0 spiro atoms. The SMILES string of the molecule is CN(C)CCN(CC(=O)OC(C)(C)C)C(=O)CCC(=O)C(C#N)=C1N(C)c2ccccc2N1C. The van der Waals surface area contributed by atoms with E-state index in [0.29, 0.717) is 18.9 Å². The summed E-state index contributed by atoms with van der Waals surface area (Å²) in [6.07, 6.45) is -0.232. The molecular formula is C25H35N5O4. The fourth-order valence-electron chi connectivity index (χ4n) is 3.70. The van der Waals surface area contributed by atoms with Gasteiger partial charge in [0.25, 0.3) is 0 Å². The van der Waals surface area contributed by atoms with Crippen molar-refractivity contribution in [1.82, 2.24) is 9.80 Å². The molecule has 0 aromatic heterocycles. The van der Waals surface area contributed by atoms with Gasteiger partial charge in [-0.05, 0) is 47.0 Å². The Balaban J connectivity index is 2.13. The molecule has 0 saturated carbocycles. The van der Waals surface area contributed by atoms with Crippen LogP contribution in [0.25, 0.3) is 0 Å². The molecule has 2 rings (SSSR count). The molecule has 1 amide bonds. The summed E-state index contributed by atoms with van der Waals surface area (Å²) >= 11 is 0. The van der Waals surface area contributed by atoms with Gasteiger partial charge in [-0.3, -0.25) is 14.4 Å². The average Bonchev–Trinajstić information content (AvgIpc) is 2.99. The first-order chi connectivity index (χ1) is 15.9. The second-order valence-electron chi connectivity index (χ2n) is 9.55. The lowest BCUT2D eigenvalue weighted by Gasteiger charge is -2.26. The van der Waals surface area contributed by atoms with E-state index in [-0.39, 0.29) is 30.9 Å². The van der Waals surface area contributed by atoms with Gasteiger partial charge in [0.15, 0.2) is 5.78 Å². The molecule has 34 heavy (non-hydrogen) atoms. The van der Waals surface area contributed by atoms with Gasteiger partial charge in [0.05, 0.1) is 11.4 Å². The van der Waals surface area contributed by atoms with Gasteiger partial charge in [-0.1, -0.05) is 12.1 Å². The molecule has 9 nitrogen and oxygen atoms in total. The van der Waals surface area contributed by atoms with E-state index in [1.807, 2.05) is 49.3 Å². The number of amides is 1. The average molecular weight is 470 g/mol. The van der Waals surface area contributed by atoms with Gasteiger partial charge in [0.2, 0.25) is 5.91 Å². The van der Waals surface area contributed by atoms with Crippen LogP contribution in [-0.4, -0.2) is 80.9 Å². The number of allylic oxidation sites excluding steroid dienone is 1. The van der Waals surface area contributed by atoms with Crippen molar-refractivity contribution in [3.8, 4) is 6.07 Å². The second kappa shape index (κ2) is 11.2. The van der Waals surface area contributed by atoms with Gasteiger partial charge >= 0.3 is 5.97 Å². The number of carbonyl (C=O) groups is 3. The van der Waals surface area contributed by atoms with Gasteiger partial charge in [-0.25, -0.2) is 0 Å². The summed E-state index contributed by atoms with van der Waals surface area (Å²) in [6.45, 7) is 5.99. The molecule has 0 bridgehead atoms. The van der Waals surface area contributed by atoms with E-state index >= 15 is 0 Å². The first-order valence-electron chi connectivity index (χ1n) is 11.2. The predicted molar refractivity (Wildman–Crippen MR) is 131 cm³/mol. The number of hydrogen-bond acceptors (Lipinski definition) is 8. The number of rotatable bonds is 9. The van der Waals surface area contributed by atoms with E-state index in [9.17, 15) is 19.6 Å². The summed E-state index contributed by atoms with van der Waals surface area (Å²) in [5.41, 5.74) is 1.13. The monoisotopic (exact) mass is 469 g/mol. The van der Waals surface area contributed by atoms with E-state index in [1.54, 1.807) is 44.7 Å². The summed E-state index contributed by atoms with van der Waals surface area (Å²) in [4.78, 5) is 45.2. The maximum atomic E-state index is 13.0. The van der Waals surface area contributed by atoms with Gasteiger partial charge in [-0.15, -0.1) is 0 Å². The van der Waals surface area contributed by atoms with Crippen molar-refractivity contribution in [3.63, 3.8) is 0 Å². The van der Waals surface area contributed by atoms with Gasteiger partial charge in [0.1, 0.15) is 29.6 Å². The van der Waals surface area contributed by atoms with Crippen LogP contribution in [0.4, 0.5) is 11.4 Å². The largest absolute Gasteiger partial charge is 0.459 e. The lowest BCUT2D eigenvalue weighted by molar-refractivity contribution is -0.159. The number of para-hydroxylation sites is 2. The van der Waals surface area contributed by atoms with Crippen LogP contribution in [0, 0.1) is 11.3 Å². The molecule has 0 aliphatic carbocycles. The molecule has 1 aromatic rings. The van der Waals surface area contributed by atoms with Crippen LogP contribution in [0.5, 0.6) is 0 Å². The Morgan fingerprint density at radius 1 is 1.00 bits per heavy atom. The van der Waals surface area contributed by atoms with Crippen LogP contribution in [-0.2, 0) is 19.1 Å².